The van der Waals surface area contributed by atoms with Gasteiger partial charge in [-0.05, 0) is 26.8 Å². The molecule has 2 N–H and O–H groups in total. The number of phenolic OH excluding ortho intramolecular Hbond substituents is 1. The number of nitrogens with one attached hydrogen (secondary N) is 1. The van der Waals surface area contributed by atoms with Crippen LogP contribution in [0.4, 0.5) is 14.9 Å². The molecule has 0 spiro atoms. The third-order valence-electron chi connectivity index (χ3n) is 2.19. The number of benzene rings is 1. The predicted octanol–water partition coefficient (Wildman–Crippen LogP) is 2.70. The Morgan fingerprint density at radius 3 is 2.50 bits per heavy atom. The van der Waals surface area contributed by atoms with E-state index in [1.165, 1.54) is 7.11 Å². The zero-order valence-electron chi connectivity index (χ0n) is 11.6. The van der Waals surface area contributed by atoms with Crippen LogP contribution in [0.3, 0.4) is 0 Å². The molecule has 1 aromatic carbocycles. The Morgan fingerprint density at radius 1 is 1.45 bits per heavy atom. The van der Waals surface area contributed by atoms with Crippen molar-refractivity contribution in [2.24, 2.45) is 0 Å². The maximum Gasteiger partial charge on any atom is 0.412 e. The highest BCUT2D eigenvalue weighted by atomic mass is 19.1. The lowest BCUT2D eigenvalue weighted by Crippen LogP contribution is -2.27. The highest BCUT2D eigenvalue weighted by molar-refractivity contribution is 5.91. The van der Waals surface area contributed by atoms with Gasteiger partial charge in [-0.15, -0.1) is 0 Å². The number of carbonyl (C=O) groups excluding carboxylic acids is 2. The molecule has 0 aliphatic carbocycles. The number of ether oxygens (including phenoxy) is 2. The smallest absolute Gasteiger partial charge is 0.412 e. The first-order chi connectivity index (χ1) is 9.19. The minimum Gasteiger partial charge on any atom is -0.504 e. The Balaban J connectivity index is 3.14. The second-order valence-corrected chi connectivity index (χ2v) is 4.95. The van der Waals surface area contributed by atoms with Crippen molar-refractivity contribution in [2.75, 3.05) is 12.4 Å². The minimum atomic E-state index is -1.14. The van der Waals surface area contributed by atoms with Crippen molar-refractivity contribution in [3.8, 4) is 11.5 Å². The second kappa shape index (κ2) is 5.77. The summed E-state index contributed by atoms with van der Waals surface area (Å²) in [5.41, 5.74) is -1.16. The normalized spacial score (nSPS) is 10.8. The lowest BCUT2D eigenvalue weighted by atomic mass is 10.1. The molecule has 1 aromatic rings. The molecule has 0 aromatic heterocycles. The van der Waals surface area contributed by atoms with Gasteiger partial charge in [-0.2, -0.15) is 4.39 Å². The van der Waals surface area contributed by atoms with Crippen molar-refractivity contribution < 1.29 is 28.6 Å². The van der Waals surface area contributed by atoms with Gasteiger partial charge in [0.1, 0.15) is 5.60 Å². The van der Waals surface area contributed by atoms with Crippen molar-refractivity contribution >= 4 is 18.1 Å². The van der Waals surface area contributed by atoms with E-state index in [-0.39, 0.29) is 23.3 Å². The summed E-state index contributed by atoms with van der Waals surface area (Å²) in [6, 6.07) is 1.09. The molecule has 1 amide bonds. The van der Waals surface area contributed by atoms with Crippen LogP contribution in [-0.2, 0) is 4.74 Å². The number of hydrogen-bond acceptors (Lipinski definition) is 5. The maximum atomic E-state index is 13.8. The maximum absolute atomic E-state index is 13.8. The number of methoxy groups -OCH3 is 1. The summed E-state index contributed by atoms with van der Waals surface area (Å²) in [5, 5.41) is 11.7. The summed E-state index contributed by atoms with van der Waals surface area (Å²) in [6.07, 6.45) is -0.573. The number of aromatic hydroxyl groups is 1. The van der Waals surface area contributed by atoms with Gasteiger partial charge < -0.3 is 14.6 Å². The Kier molecular flexibility index (Phi) is 4.54. The van der Waals surface area contributed by atoms with Gasteiger partial charge in [0.2, 0.25) is 5.82 Å². The lowest BCUT2D eigenvalue weighted by Gasteiger charge is -2.20. The van der Waals surface area contributed by atoms with Gasteiger partial charge in [-0.3, -0.25) is 10.1 Å². The van der Waals surface area contributed by atoms with Crippen LogP contribution in [0.15, 0.2) is 6.07 Å². The average molecular weight is 285 g/mol. The summed E-state index contributed by atoms with van der Waals surface area (Å²) in [6.45, 7) is 4.99. The van der Waals surface area contributed by atoms with Gasteiger partial charge in [0.25, 0.3) is 0 Å². The van der Waals surface area contributed by atoms with Crippen LogP contribution in [0.5, 0.6) is 11.5 Å². The van der Waals surface area contributed by atoms with E-state index in [0.29, 0.717) is 0 Å². The van der Waals surface area contributed by atoms with Crippen LogP contribution in [0.25, 0.3) is 0 Å². The molecule has 0 saturated carbocycles. The standard InChI is InChI=1S/C13H16FNO5/c1-13(2,3)20-12(18)15-8-5-7(6-16)10(17)9(14)11(8)19-4/h5-6,17H,1-4H3,(H,15,18). The SMILES string of the molecule is COc1c(NC(=O)OC(C)(C)C)cc(C=O)c(O)c1F. The van der Waals surface area contributed by atoms with Crippen molar-refractivity contribution in [1.29, 1.82) is 0 Å². The van der Waals surface area contributed by atoms with Crippen LogP contribution in [0.2, 0.25) is 0 Å². The Bertz CT molecular complexity index is 537. The Morgan fingerprint density at radius 2 is 2.05 bits per heavy atom. The number of anilines is 1. The first-order valence-corrected chi connectivity index (χ1v) is 5.74. The summed E-state index contributed by atoms with van der Waals surface area (Å²) in [5.74, 6) is -2.37. The molecule has 0 aliphatic heterocycles. The van der Waals surface area contributed by atoms with Gasteiger partial charge in [-0.25, -0.2) is 4.79 Å². The lowest BCUT2D eigenvalue weighted by molar-refractivity contribution is 0.0635. The number of amides is 1. The molecule has 0 aliphatic rings. The van der Waals surface area contributed by atoms with Crippen molar-refractivity contribution in [3.05, 3.63) is 17.4 Å². The molecule has 1 rings (SSSR count). The topological polar surface area (TPSA) is 84.9 Å². The quantitative estimate of drug-likeness (QED) is 0.659. The van der Waals surface area contributed by atoms with Crippen LogP contribution < -0.4 is 10.1 Å². The highest BCUT2D eigenvalue weighted by Gasteiger charge is 2.22. The Hall–Kier alpha value is -2.31. The largest absolute Gasteiger partial charge is 0.504 e. The Labute approximate surface area is 115 Å². The monoisotopic (exact) mass is 285 g/mol. The van der Waals surface area contributed by atoms with Crippen molar-refractivity contribution in [1.82, 2.24) is 0 Å². The molecule has 0 fully saturated rings. The number of carbonyl (C=O) groups is 2. The number of phenols is 1. The second-order valence-electron chi connectivity index (χ2n) is 4.95. The zero-order chi connectivity index (χ0) is 15.5. The molecular weight excluding hydrogens is 269 g/mol. The van der Waals surface area contributed by atoms with Crippen molar-refractivity contribution in [3.63, 3.8) is 0 Å². The van der Waals surface area contributed by atoms with Gasteiger partial charge >= 0.3 is 6.09 Å². The number of aldehydes is 1. The summed E-state index contributed by atoms with van der Waals surface area (Å²) in [4.78, 5) is 22.4. The zero-order valence-corrected chi connectivity index (χ0v) is 11.6. The molecule has 6 nitrogen and oxygen atoms in total. The number of halogens is 1. The molecule has 0 heterocycles. The third kappa shape index (κ3) is 3.59. The van der Waals surface area contributed by atoms with Gasteiger partial charge in [-0.1, -0.05) is 0 Å². The molecule has 0 bridgehead atoms. The molecule has 0 atom stereocenters. The third-order valence-corrected chi connectivity index (χ3v) is 2.19. The fraction of sp³-hybridized carbons (Fsp3) is 0.385. The summed E-state index contributed by atoms with van der Waals surface area (Å²) < 4.78 is 23.5. The highest BCUT2D eigenvalue weighted by Crippen LogP contribution is 2.36. The summed E-state index contributed by atoms with van der Waals surface area (Å²) >= 11 is 0. The van der Waals surface area contributed by atoms with Crippen LogP contribution in [0.1, 0.15) is 31.1 Å². The predicted molar refractivity (Wildman–Crippen MR) is 69.9 cm³/mol. The molecular formula is C13H16FNO5. The van der Waals surface area contributed by atoms with Crippen LogP contribution in [-0.4, -0.2) is 30.2 Å². The fourth-order valence-electron chi connectivity index (χ4n) is 1.44. The number of hydrogen-bond donors (Lipinski definition) is 2. The van der Waals surface area contributed by atoms with E-state index in [4.69, 9.17) is 9.47 Å². The van der Waals surface area contributed by atoms with E-state index in [1.807, 2.05) is 0 Å². The van der Waals surface area contributed by atoms with E-state index in [2.05, 4.69) is 5.32 Å². The van der Waals surface area contributed by atoms with Crippen LogP contribution in [0, 0.1) is 5.82 Å². The minimum absolute atomic E-state index is 0.112. The molecule has 110 valence electrons. The summed E-state index contributed by atoms with van der Waals surface area (Å²) in [7, 11) is 1.17. The molecule has 0 unspecified atom stereocenters. The van der Waals surface area contributed by atoms with Gasteiger partial charge in [0, 0.05) is 0 Å². The van der Waals surface area contributed by atoms with E-state index in [1.54, 1.807) is 20.8 Å². The van der Waals surface area contributed by atoms with E-state index >= 15 is 0 Å². The number of rotatable bonds is 3. The average Bonchev–Trinajstić information content (AvgIpc) is 2.31. The first-order valence-electron chi connectivity index (χ1n) is 5.74. The van der Waals surface area contributed by atoms with Crippen molar-refractivity contribution in [2.45, 2.75) is 26.4 Å². The first kappa shape index (κ1) is 15.7. The molecule has 0 saturated heterocycles. The van der Waals surface area contributed by atoms with Gasteiger partial charge in [0.15, 0.2) is 17.8 Å². The van der Waals surface area contributed by atoms with E-state index < -0.39 is 23.3 Å². The molecule has 0 radical (unpaired) electrons. The van der Waals surface area contributed by atoms with E-state index in [0.717, 1.165) is 6.07 Å². The molecule has 7 heteroatoms. The fourth-order valence-corrected chi connectivity index (χ4v) is 1.44. The molecule has 20 heavy (non-hydrogen) atoms. The van der Waals surface area contributed by atoms with Gasteiger partial charge in [0.05, 0.1) is 18.4 Å². The van der Waals surface area contributed by atoms with Crippen LogP contribution >= 0.6 is 0 Å². The van der Waals surface area contributed by atoms with E-state index in [9.17, 15) is 19.1 Å².